The topological polar surface area (TPSA) is 178 Å². The molecule has 1 N–H and O–H groups in total. The summed E-state index contributed by atoms with van der Waals surface area (Å²) in [4.78, 5) is 84.8. The Morgan fingerprint density at radius 3 is 1.63 bits per heavy atom. The van der Waals surface area contributed by atoms with E-state index in [0.717, 1.165) is 102 Å². The van der Waals surface area contributed by atoms with Gasteiger partial charge in [0.05, 0.1) is 35.4 Å². The second-order valence-electron chi connectivity index (χ2n) is 31.2. The van der Waals surface area contributed by atoms with E-state index < -0.39 is 63.3 Å². The van der Waals surface area contributed by atoms with Gasteiger partial charge in [-0.25, -0.2) is 4.79 Å². The molecule has 13 nitrogen and oxygen atoms in total. The van der Waals surface area contributed by atoms with Crippen LogP contribution in [0.25, 0.3) is 0 Å². The average molecular weight is 1100 g/mol. The Morgan fingerprint density at radius 1 is 0.595 bits per heavy atom. The van der Waals surface area contributed by atoms with Crippen LogP contribution in [0.5, 0.6) is 0 Å². The molecule has 14 fully saturated rings. The molecule has 1 saturated heterocycles. The number of hydrogen-bond donors (Lipinski definition) is 1. The van der Waals surface area contributed by atoms with E-state index in [4.69, 9.17) is 28.4 Å². The summed E-state index contributed by atoms with van der Waals surface area (Å²) in [5, 5.41) is 11.8. The number of rotatable bonds is 23. The molecular formula is C66H100O13. The minimum absolute atomic E-state index is 0.0937. The Hall–Kier alpha value is -3.22. The van der Waals surface area contributed by atoms with Crippen molar-refractivity contribution in [3.8, 4) is 0 Å². The molecule has 0 aromatic rings. The zero-order chi connectivity index (χ0) is 56.4. The maximum atomic E-state index is 15.3. The molecular weight excluding hydrogens is 1000 g/mol. The highest BCUT2D eigenvalue weighted by Gasteiger charge is 2.67. The SMILES string of the molecule is CC(=O)OC12CC3CC(C1)CC(OC(=O)C1(C(C)CCC(C(=O)OC45CC6CC(CC(O)(C6)C4)C5)C(C)C(C)CC(C(=O)OC4CCOC4=O)C(C)C(C)CC(CC(C)C)C(=O)OC4(C)C5CC6CC(C5)CC4C6)CC1C)(C3)C2. The van der Waals surface area contributed by atoms with Crippen molar-refractivity contribution >= 4 is 35.8 Å². The Kier molecular flexibility index (Phi) is 15.4. The van der Waals surface area contributed by atoms with Crippen LogP contribution in [0.2, 0.25) is 0 Å². The van der Waals surface area contributed by atoms with Crippen LogP contribution in [-0.2, 0) is 57.2 Å². The fraction of sp³-hybridized carbons (Fsp3) is 0.909. The van der Waals surface area contributed by atoms with Gasteiger partial charge in [0.1, 0.15) is 22.4 Å². The van der Waals surface area contributed by atoms with Gasteiger partial charge in [0, 0.05) is 26.2 Å². The van der Waals surface area contributed by atoms with Crippen molar-refractivity contribution in [1.82, 2.24) is 0 Å². The Bertz CT molecular complexity index is 2300. The Balaban J connectivity index is 0.817. The first-order chi connectivity index (χ1) is 37.2. The second-order valence-corrected chi connectivity index (χ2v) is 31.2. The number of hydrogen-bond acceptors (Lipinski definition) is 13. The number of esters is 6. The van der Waals surface area contributed by atoms with E-state index in [9.17, 15) is 29.1 Å². The van der Waals surface area contributed by atoms with Gasteiger partial charge in [-0.2, -0.15) is 0 Å². The Morgan fingerprint density at radius 2 is 1.11 bits per heavy atom. The molecule has 13 aliphatic carbocycles. The van der Waals surface area contributed by atoms with Crippen LogP contribution in [0.1, 0.15) is 223 Å². The van der Waals surface area contributed by atoms with E-state index in [-0.39, 0.29) is 77.8 Å². The predicted molar refractivity (Wildman–Crippen MR) is 294 cm³/mol. The molecule has 1 aliphatic heterocycles. The highest BCUT2D eigenvalue weighted by Crippen LogP contribution is 2.65. The zero-order valence-corrected chi connectivity index (χ0v) is 50.0. The van der Waals surface area contributed by atoms with Crippen LogP contribution in [0.3, 0.4) is 0 Å². The van der Waals surface area contributed by atoms with Gasteiger partial charge >= 0.3 is 35.8 Å². The molecule has 442 valence electrons. The lowest BCUT2D eigenvalue weighted by atomic mass is 9.50. The summed E-state index contributed by atoms with van der Waals surface area (Å²) in [5.74, 6) is -0.202. The molecule has 1 heterocycles. The molecule has 0 aromatic heterocycles. The molecule has 0 amide bonds. The third kappa shape index (κ3) is 11.1. The van der Waals surface area contributed by atoms with Gasteiger partial charge in [-0.3, -0.25) is 24.0 Å². The first kappa shape index (κ1) is 57.6. The highest BCUT2D eigenvalue weighted by atomic mass is 16.6. The maximum absolute atomic E-state index is 15.3. The molecule has 14 rings (SSSR count). The monoisotopic (exact) mass is 1100 g/mol. The number of carbonyl (C=O) groups is 6. The standard InChI is InChI=1S/C66H100O13/c1-36(2)15-50(56(68)77-61(10)51-21-44-18-45(23-51)24-52(61)22-44)16-37(3)42(8)54(57(69)75-55-13-14-74-59(55)71)17-38(4)41(7)53(58(70)78-63-28-46-19-47(29-63)27-62(73,26-46)34-63)12-11-39(5)66(25-40(66)6)60(72)79-65-32-48-20-49(33-65)31-64(30-48,35-65)76-43(9)67/h36-42,44-55,73H,11-35H2,1-10H3. The van der Waals surface area contributed by atoms with E-state index in [0.29, 0.717) is 93.3 Å². The van der Waals surface area contributed by atoms with E-state index in [2.05, 4.69) is 62.3 Å². The van der Waals surface area contributed by atoms with Crippen molar-refractivity contribution in [3.05, 3.63) is 0 Å². The molecule has 15 unspecified atom stereocenters. The van der Waals surface area contributed by atoms with Crippen molar-refractivity contribution in [1.29, 1.82) is 0 Å². The van der Waals surface area contributed by atoms with E-state index in [1.54, 1.807) is 0 Å². The quantitative estimate of drug-likeness (QED) is 0.0756. The molecule has 0 radical (unpaired) electrons. The summed E-state index contributed by atoms with van der Waals surface area (Å²) in [6.07, 6.45) is 18.1. The van der Waals surface area contributed by atoms with Crippen molar-refractivity contribution in [2.75, 3.05) is 6.61 Å². The summed E-state index contributed by atoms with van der Waals surface area (Å²) < 4.78 is 37.9. The summed E-state index contributed by atoms with van der Waals surface area (Å²) in [7, 11) is 0. The number of carbonyl (C=O) groups excluding carboxylic acids is 6. The van der Waals surface area contributed by atoms with Crippen molar-refractivity contribution in [2.45, 2.75) is 257 Å². The van der Waals surface area contributed by atoms with E-state index in [1.807, 2.05) is 0 Å². The van der Waals surface area contributed by atoms with Crippen LogP contribution < -0.4 is 0 Å². The number of ether oxygens (including phenoxy) is 6. The van der Waals surface area contributed by atoms with Crippen molar-refractivity contribution in [2.24, 2.45) is 112 Å². The lowest BCUT2D eigenvalue weighted by Crippen LogP contribution is -2.62. The molecule has 0 aromatic carbocycles. The largest absolute Gasteiger partial charge is 0.463 e. The van der Waals surface area contributed by atoms with Crippen LogP contribution in [0.15, 0.2) is 0 Å². The third-order valence-electron chi connectivity index (χ3n) is 24.7. The van der Waals surface area contributed by atoms with Gasteiger partial charge in [0.2, 0.25) is 6.10 Å². The third-order valence-corrected chi connectivity index (χ3v) is 24.7. The summed E-state index contributed by atoms with van der Waals surface area (Å²) >= 11 is 0. The van der Waals surface area contributed by atoms with Crippen LogP contribution in [-0.4, -0.2) is 81.6 Å². The summed E-state index contributed by atoms with van der Waals surface area (Å²) in [6, 6.07) is 0. The molecule has 12 bridgehead atoms. The zero-order valence-electron chi connectivity index (χ0n) is 50.0. The maximum Gasteiger partial charge on any atom is 0.347 e. The van der Waals surface area contributed by atoms with Crippen molar-refractivity contribution in [3.63, 3.8) is 0 Å². The fourth-order valence-electron chi connectivity index (χ4n) is 21.2. The first-order valence-corrected chi connectivity index (χ1v) is 32.2. The average Bonchev–Trinajstić information content (AvgIpc) is 3.97. The number of aliphatic hydroxyl groups is 1. The summed E-state index contributed by atoms with van der Waals surface area (Å²) in [6.45, 7) is 20.9. The minimum atomic E-state index is -0.975. The van der Waals surface area contributed by atoms with Crippen LogP contribution in [0.4, 0.5) is 0 Å². The molecule has 15 atom stereocenters. The van der Waals surface area contributed by atoms with Gasteiger partial charge in [-0.1, -0.05) is 55.4 Å². The Labute approximate surface area is 472 Å². The molecule has 0 spiro atoms. The highest BCUT2D eigenvalue weighted by molar-refractivity contribution is 5.82. The van der Waals surface area contributed by atoms with Crippen molar-refractivity contribution < 1.29 is 62.3 Å². The normalized spacial score (nSPS) is 43.8. The lowest BCUT2D eigenvalue weighted by molar-refractivity contribution is -0.234. The minimum Gasteiger partial charge on any atom is -0.463 e. The molecule has 13 heteroatoms. The van der Waals surface area contributed by atoms with Crippen LogP contribution in [0, 0.1) is 112 Å². The van der Waals surface area contributed by atoms with Gasteiger partial charge in [0.15, 0.2) is 0 Å². The lowest BCUT2D eigenvalue weighted by Gasteiger charge is -2.60. The van der Waals surface area contributed by atoms with E-state index >= 15 is 4.79 Å². The molecule has 13 saturated carbocycles. The number of cyclic esters (lactones) is 1. The van der Waals surface area contributed by atoms with E-state index in [1.165, 1.54) is 13.3 Å². The summed E-state index contributed by atoms with van der Waals surface area (Å²) in [5.41, 5.74) is -3.88. The first-order valence-electron chi connectivity index (χ1n) is 32.2. The van der Waals surface area contributed by atoms with Gasteiger partial charge < -0.3 is 33.5 Å². The van der Waals surface area contributed by atoms with Gasteiger partial charge in [0.25, 0.3) is 0 Å². The molecule has 14 aliphatic rings. The fourth-order valence-corrected chi connectivity index (χ4v) is 21.2. The second kappa shape index (κ2) is 21.1. The van der Waals surface area contributed by atoms with Gasteiger partial charge in [-0.05, 0) is 231 Å². The molecule has 79 heavy (non-hydrogen) atoms. The van der Waals surface area contributed by atoms with Gasteiger partial charge in [-0.15, -0.1) is 0 Å². The van der Waals surface area contributed by atoms with Crippen LogP contribution >= 0.6 is 0 Å². The smallest absolute Gasteiger partial charge is 0.347 e. The predicted octanol–water partition coefficient (Wildman–Crippen LogP) is 12.1.